The van der Waals surface area contributed by atoms with Crippen LogP contribution in [0.4, 0.5) is 0 Å². The number of rotatable bonds is 7. The smallest absolute Gasteiger partial charge is 0.191 e. The molecule has 2 aromatic rings. The van der Waals surface area contributed by atoms with Gasteiger partial charge in [-0.1, -0.05) is 0 Å². The molecule has 0 aromatic carbocycles. The first kappa shape index (κ1) is 24.7. The summed E-state index contributed by atoms with van der Waals surface area (Å²) in [6, 6.07) is 4.63. The maximum atomic E-state index is 5.96. The number of aromatic nitrogens is 2. The number of aryl methyl sites for hydroxylation is 3. The van der Waals surface area contributed by atoms with Gasteiger partial charge >= 0.3 is 0 Å². The molecule has 2 atom stereocenters. The normalized spacial score (nSPS) is 16.9. The zero-order valence-electron chi connectivity index (χ0n) is 19.2. The van der Waals surface area contributed by atoms with Crippen molar-refractivity contribution < 1.29 is 4.42 Å². The lowest BCUT2D eigenvalue weighted by Gasteiger charge is -2.27. The number of aliphatic imine (C=N–C) groups is 1. The minimum absolute atomic E-state index is 0. The molecule has 0 aliphatic carbocycles. The Morgan fingerprint density at radius 3 is 2.47 bits per heavy atom. The highest BCUT2D eigenvalue weighted by Crippen LogP contribution is 2.26. The van der Waals surface area contributed by atoms with Crippen molar-refractivity contribution in [2.24, 2.45) is 12.0 Å². The van der Waals surface area contributed by atoms with Crippen LogP contribution in [0.1, 0.15) is 54.3 Å². The predicted octanol–water partition coefficient (Wildman–Crippen LogP) is 3.49. The molecule has 3 heterocycles. The van der Waals surface area contributed by atoms with Crippen LogP contribution < -0.4 is 10.6 Å². The molecular weight excluding hydrogens is 491 g/mol. The Morgan fingerprint density at radius 2 is 1.93 bits per heavy atom. The molecule has 0 saturated carbocycles. The minimum Gasteiger partial charge on any atom is -0.465 e. The number of hydrogen-bond acceptors (Lipinski definition) is 4. The van der Waals surface area contributed by atoms with Gasteiger partial charge in [0.05, 0.1) is 11.7 Å². The quantitative estimate of drug-likeness (QED) is 0.327. The largest absolute Gasteiger partial charge is 0.465 e. The van der Waals surface area contributed by atoms with Crippen LogP contribution in [0, 0.1) is 20.8 Å². The summed E-state index contributed by atoms with van der Waals surface area (Å²) in [5.74, 6) is 2.81. The Hall–Kier alpha value is -1.55. The Bertz CT molecular complexity index is 837. The van der Waals surface area contributed by atoms with Gasteiger partial charge in [-0.15, -0.1) is 24.0 Å². The summed E-state index contributed by atoms with van der Waals surface area (Å²) >= 11 is 0. The van der Waals surface area contributed by atoms with E-state index in [9.17, 15) is 0 Å². The molecule has 2 aromatic heterocycles. The molecule has 2 unspecified atom stereocenters. The number of halogens is 1. The van der Waals surface area contributed by atoms with E-state index in [1.54, 1.807) is 0 Å². The number of nitrogens with zero attached hydrogens (tertiary/aromatic N) is 4. The number of nitrogens with one attached hydrogen (secondary N) is 2. The summed E-state index contributed by atoms with van der Waals surface area (Å²) in [5.41, 5.74) is 3.63. The fraction of sp³-hybridized carbons (Fsp3) is 0.636. The molecule has 0 bridgehead atoms. The van der Waals surface area contributed by atoms with Crippen molar-refractivity contribution in [2.45, 2.75) is 59.0 Å². The average molecular weight is 528 g/mol. The predicted molar refractivity (Wildman–Crippen MR) is 133 cm³/mol. The third-order valence-electron chi connectivity index (χ3n) is 5.91. The summed E-state index contributed by atoms with van der Waals surface area (Å²) < 4.78 is 7.92. The van der Waals surface area contributed by atoms with E-state index in [-0.39, 0.29) is 36.1 Å². The molecule has 2 N–H and O–H groups in total. The van der Waals surface area contributed by atoms with Gasteiger partial charge in [-0.2, -0.15) is 5.10 Å². The Kier molecular flexibility index (Phi) is 9.21. The van der Waals surface area contributed by atoms with Gasteiger partial charge in [0.1, 0.15) is 11.5 Å². The van der Waals surface area contributed by atoms with Gasteiger partial charge in [-0.3, -0.25) is 14.6 Å². The van der Waals surface area contributed by atoms with E-state index in [2.05, 4.69) is 52.5 Å². The van der Waals surface area contributed by atoms with Gasteiger partial charge in [0.15, 0.2) is 5.96 Å². The van der Waals surface area contributed by atoms with Crippen LogP contribution in [-0.4, -0.2) is 53.4 Å². The van der Waals surface area contributed by atoms with E-state index in [1.165, 1.54) is 24.1 Å². The Morgan fingerprint density at radius 1 is 1.23 bits per heavy atom. The molecule has 7 nitrogen and oxygen atoms in total. The first-order valence-corrected chi connectivity index (χ1v) is 10.7. The van der Waals surface area contributed by atoms with Crippen LogP contribution in [0.5, 0.6) is 0 Å². The maximum absolute atomic E-state index is 5.96. The highest BCUT2D eigenvalue weighted by molar-refractivity contribution is 14.0. The van der Waals surface area contributed by atoms with Crippen molar-refractivity contribution in [2.75, 3.05) is 26.7 Å². The molecule has 0 radical (unpaired) electrons. The minimum atomic E-state index is 0. The zero-order valence-corrected chi connectivity index (χ0v) is 21.5. The van der Waals surface area contributed by atoms with Crippen molar-refractivity contribution in [3.8, 4) is 0 Å². The van der Waals surface area contributed by atoms with Crippen LogP contribution in [-0.2, 0) is 13.5 Å². The SMILES string of the molecule is CN=C(NCC(c1ccc(C)o1)N1CCCC1)NC(C)Cc1c(C)nn(C)c1C.I. The molecule has 1 fully saturated rings. The fourth-order valence-corrected chi connectivity index (χ4v) is 4.19. The Labute approximate surface area is 197 Å². The van der Waals surface area contributed by atoms with Gasteiger partial charge in [-0.05, 0) is 77.7 Å². The van der Waals surface area contributed by atoms with Gasteiger partial charge in [0, 0.05) is 32.4 Å². The van der Waals surface area contributed by atoms with Gasteiger partial charge in [-0.25, -0.2) is 0 Å². The molecule has 8 heteroatoms. The molecule has 168 valence electrons. The molecule has 1 aliphatic heterocycles. The van der Waals surface area contributed by atoms with Crippen LogP contribution in [0.3, 0.4) is 0 Å². The summed E-state index contributed by atoms with van der Waals surface area (Å²) in [7, 11) is 3.82. The van der Waals surface area contributed by atoms with Gasteiger partial charge in [0.25, 0.3) is 0 Å². The monoisotopic (exact) mass is 528 g/mol. The molecule has 1 aliphatic rings. The van der Waals surface area contributed by atoms with Crippen molar-refractivity contribution in [1.29, 1.82) is 0 Å². The maximum Gasteiger partial charge on any atom is 0.191 e. The van der Waals surface area contributed by atoms with Crippen molar-refractivity contribution in [3.05, 3.63) is 40.6 Å². The van der Waals surface area contributed by atoms with E-state index >= 15 is 0 Å². The van der Waals surface area contributed by atoms with Crippen LogP contribution in [0.15, 0.2) is 21.5 Å². The molecular formula is C22H37IN6O. The van der Waals surface area contributed by atoms with Crippen molar-refractivity contribution >= 4 is 29.9 Å². The third-order valence-corrected chi connectivity index (χ3v) is 5.91. The first-order valence-electron chi connectivity index (χ1n) is 10.7. The second kappa shape index (κ2) is 11.2. The zero-order chi connectivity index (χ0) is 21.0. The van der Waals surface area contributed by atoms with Crippen LogP contribution in [0.25, 0.3) is 0 Å². The van der Waals surface area contributed by atoms with E-state index in [0.29, 0.717) is 0 Å². The van der Waals surface area contributed by atoms with Crippen molar-refractivity contribution in [3.63, 3.8) is 0 Å². The van der Waals surface area contributed by atoms with E-state index < -0.39 is 0 Å². The summed E-state index contributed by atoms with van der Waals surface area (Å²) in [6.45, 7) is 11.4. The lowest BCUT2D eigenvalue weighted by molar-refractivity contribution is 0.213. The lowest BCUT2D eigenvalue weighted by atomic mass is 10.1. The topological polar surface area (TPSA) is 70.6 Å². The van der Waals surface area contributed by atoms with Crippen molar-refractivity contribution in [1.82, 2.24) is 25.3 Å². The lowest BCUT2D eigenvalue weighted by Crippen LogP contribution is -2.46. The first-order chi connectivity index (χ1) is 13.9. The van der Waals surface area contributed by atoms with E-state index in [0.717, 1.165) is 49.2 Å². The van der Waals surface area contributed by atoms with Crippen LogP contribution in [0.2, 0.25) is 0 Å². The van der Waals surface area contributed by atoms with E-state index in [1.807, 2.05) is 31.8 Å². The summed E-state index contributed by atoms with van der Waals surface area (Å²) in [5, 5.41) is 11.6. The number of guanidine groups is 1. The molecule has 3 rings (SSSR count). The fourth-order valence-electron chi connectivity index (χ4n) is 4.19. The molecule has 30 heavy (non-hydrogen) atoms. The standard InChI is InChI=1S/C22H36N6O.HI/c1-15(13-19-17(3)26-27(6)18(19)4)25-22(23-5)24-14-20(28-11-7-8-12-28)21-10-9-16(2)29-21;/h9-10,15,20H,7-8,11-14H2,1-6H3,(H2,23,24,25);1H. The third kappa shape index (κ3) is 6.00. The van der Waals surface area contributed by atoms with Gasteiger partial charge in [0.2, 0.25) is 0 Å². The Balaban J connectivity index is 0.00000320. The van der Waals surface area contributed by atoms with E-state index in [4.69, 9.17) is 4.42 Å². The second-order valence-corrected chi connectivity index (χ2v) is 8.18. The number of hydrogen-bond donors (Lipinski definition) is 2. The summed E-state index contributed by atoms with van der Waals surface area (Å²) in [6.07, 6.45) is 3.42. The second-order valence-electron chi connectivity index (χ2n) is 8.18. The molecule has 0 amide bonds. The molecule has 0 spiro atoms. The number of furan rings is 1. The highest BCUT2D eigenvalue weighted by Gasteiger charge is 2.26. The highest BCUT2D eigenvalue weighted by atomic mass is 127. The van der Waals surface area contributed by atoms with Crippen LogP contribution >= 0.6 is 24.0 Å². The average Bonchev–Trinajstić information content (AvgIpc) is 3.41. The summed E-state index contributed by atoms with van der Waals surface area (Å²) in [4.78, 5) is 6.95. The molecule has 1 saturated heterocycles. The van der Waals surface area contributed by atoms with Gasteiger partial charge < -0.3 is 15.1 Å². The number of likely N-dealkylation sites (tertiary alicyclic amines) is 1.